The van der Waals surface area contributed by atoms with Crippen LogP contribution >= 0.6 is 15.9 Å². The number of nitrogens with one attached hydrogen (secondary N) is 1. The summed E-state index contributed by atoms with van der Waals surface area (Å²) in [6.07, 6.45) is 1.73. The van der Waals surface area contributed by atoms with Gasteiger partial charge in [-0.05, 0) is 29.8 Å². The molecule has 0 radical (unpaired) electrons. The van der Waals surface area contributed by atoms with Gasteiger partial charge in [0.25, 0.3) is 0 Å². The van der Waals surface area contributed by atoms with Crippen LogP contribution in [0.15, 0.2) is 47.1 Å². The molecule has 0 bridgehead atoms. The SMILES string of the molecule is CN(Cc1cccc(Br)c1)c1ccc(C(=N)N)nc1. The largest absolute Gasteiger partial charge is 0.382 e. The minimum atomic E-state index is -0.0128. The number of pyridine rings is 1. The second-order valence-electron chi connectivity index (χ2n) is 4.30. The molecule has 1 heterocycles. The normalized spacial score (nSPS) is 10.2. The van der Waals surface area contributed by atoms with Crippen LogP contribution in [0.4, 0.5) is 5.69 Å². The molecule has 0 aliphatic heterocycles. The average molecular weight is 319 g/mol. The molecule has 0 fully saturated rings. The van der Waals surface area contributed by atoms with Gasteiger partial charge in [0, 0.05) is 18.1 Å². The first-order valence-corrected chi connectivity index (χ1v) is 6.61. The van der Waals surface area contributed by atoms with Crippen molar-refractivity contribution >= 4 is 27.5 Å². The Morgan fingerprint density at radius 2 is 2.16 bits per heavy atom. The zero-order valence-electron chi connectivity index (χ0n) is 10.6. The van der Waals surface area contributed by atoms with E-state index in [2.05, 4.69) is 37.9 Å². The Balaban J connectivity index is 2.11. The summed E-state index contributed by atoms with van der Waals surface area (Å²) in [5, 5.41) is 7.31. The van der Waals surface area contributed by atoms with Crippen LogP contribution in [0, 0.1) is 5.41 Å². The molecule has 0 spiro atoms. The number of nitrogens with zero attached hydrogens (tertiary/aromatic N) is 2. The van der Waals surface area contributed by atoms with Crippen molar-refractivity contribution in [3.05, 3.63) is 58.3 Å². The van der Waals surface area contributed by atoms with Gasteiger partial charge in [-0.2, -0.15) is 0 Å². The topological polar surface area (TPSA) is 66.0 Å². The van der Waals surface area contributed by atoms with Crippen molar-refractivity contribution < 1.29 is 0 Å². The number of benzene rings is 1. The zero-order valence-corrected chi connectivity index (χ0v) is 12.2. The fraction of sp³-hybridized carbons (Fsp3) is 0.143. The van der Waals surface area contributed by atoms with E-state index in [0.29, 0.717) is 5.69 Å². The highest BCUT2D eigenvalue weighted by atomic mass is 79.9. The first-order chi connectivity index (χ1) is 9.06. The van der Waals surface area contributed by atoms with Gasteiger partial charge in [0.15, 0.2) is 0 Å². The maximum Gasteiger partial charge on any atom is 0.141 e. The first kappa shape index (κ1) is 13.5. The zero-order chi connectivity index (χ0) is 13.8. The number of nitrogen functional groups attached to an aromatic ring is 1. The van der Waals surface area contributed by atoms with Crippen LogP contribution in [0.3, 0.4) is 0 Å². The van der Waals surface area contributed by atoms with E-state index in [1.165, 1.54) is 5.56 Å². The smallest absolute Gasteiger partial charge is 0.141 e. The van der Waals surface area contributed by atoms with E-state index < -0.39 is 0 Å². The summed E-state index contributed by atoms with van der Waals surface area (Å²) in [6.45, 7) is 0.792. The number of anilines is 1. The molecule has 1 aromatic carbocycles. The molecule has 0 atom stereocenters. The van der Waals surface area contributed by atoms with E-state index in [-0.39, 0.29) is 5.84 Å². The van der Waals surface area contributed by atoms with Gasteiger partial charge in [-0.1, -0.05) is 28.1 Å². The van der Waals surface area contributed by atoms with E-state index in [4.69, 9.17) is 11.1 Å². The van der Waals surface area contributed by atoms with Crippen LogP contribution in [0.1, 0.15) is 11.3 Å². The lowest BCUT2D eigenvalue weighted by Gasteiger charge is -2.19. The van der Waals surface area contributed by atoms with Crippen molar-refractivity contribution in [3.8, 4) is 0 Å². The number of amidine groups is 1. The van der Waals surface area contributed by atoms with Crippen LogP contribution in [-0.2, 0) is 6.54 Å². The lowest BCUT2D eigenvalue weighted by molar-refractivity contribution is 0.916. The molecule has 3 N–H and O–H groups in total. The van der Waals surface area contributed by atoms with Crippen LogP contribution in [-0.4, -0.2) is 17.9 Å². The van der Waals surface area contributed by atoms with Crippen molar-refractivity contribution in [2.75, 3.05) is 11.9 Å². The predicted molar refractivity (Wildman–Crippen MR) is 81.5 cm³/mol. The quantitative estimate of drug-likeness (QED) is 0.673. The van der Waals surface area contributed by atoms with Gasteiger partial charge in [0.2, 0.25) is 0 Å². The summed E-state index contributed by atoms with van der Waals surface area (Å²) in [7, 11) is 2.01. The average Bonchev–Trinajstić information content (AvgIpc) is 2.39. The van der Waals surface area contributed by atoms with E-state index >= 15 is 0 Å². The van der Waals surface area contributed by atoms with Crippen LogP contribution < -0.4 is 10.6 Å². The molecule has 2 aromatic rings. The number of hydrogen-bond acceptors (Lipinski definition) is 3. The summed E-state index contributed by atoms with van der Waals surface area (Å²) >= 11 is 3.47. The standard InChI is InChI=1S/C14H15BrN4/c1-19(9-10-3-2-4-11(15)7-10)12-5-6-13(14(16)17)18-8-12/h2-8H,9H2,1H3,(H3,16,17). The highest BCUT2D eigenvalue weighted by Gasteiger charge is 2.04. The minimum absolute atomic E-state index is 0.0128. The van der Waals surface area contributed by atoms with Crippen molar-refractivity contribution in [1.29, 1.82) is 5.41 Å². The van der Waals surface area contributed by atoms with Crippen LogP contribution in [0.5, 0.6) is 0 Å². The number of nitrogens with two attached hydrogens (primary N) is 1. The molecule has 4 nitrogen and oxygen atoms in total. The second kappa shape index (κ2) is 5.84. The third-order valence-electron chi connectivity index (χ3n) is 2.77. The molecule has 0 amide bonds. The first-order valence-electron chi connectivity index (χ1n) is 5.82. The molecule has 5 heteroatoms. The molecule has 0 saturated carbocycles. The number of hydrogen-bond donors (Lipinski definition) is 2. The molecule has 0 aliphatic rings. The fourth-order valence-electron chi connectivity index (χ4n) is 1.77. The van der Waals surface area contributed by atoms with Gasteiger partial charge in [0.05, 0.1) is 11.9 Å². The highest BCUT2D eigenvalue weighted by Crippen LogP contribution is 2.17. The van der Waals surface area contributed by atoms with E-state index in [9.17, 15) is 0 Å². The molecule has 0 unspecified atom stereocenters. The molecule has 0 saturated heterocycles. The summed E-state index contributed by atoms with van der Waals surface area (Å²) in [5.74, 6) is -0.0128. The van der Waals surface area contributed by atoms with Gasteiger partial charge in [-0.3, -0.25) is 10.4 Å². The van der Waals surface area contributed by atoms with Gasteiger partial charge >= 0.3 is 0 Å². The molecule has 0 aliphatic carbocycles. The molecule has 98 valence electrons. The molecule has 19 heavy (non-hydrogen) atoms. The lowest BCUT2D eigenvalue weighted by atomic mass is 10.2. The highest BCUT2D eigenvalue weighted by molar-refractivity contribution is 9.10. The van der Waals surface area contributed by atoms with Gasteiger partial charge in [-0.25, -0.2) is 0 Å². The fourth-order valence-corrected chi connectivity index (χ4v) is 2.22. The minimum Gasteiger partial charge on any atom is -0.382 e. The van der Waals surface area contributed by atoms with E-state index in [0.717, 1.165) is 16.7 Å². The Labute approximate surface area is 120 Å². The van der Waals surface area contributed by atoms with Crippen molar-refractivity contribution in [2.45, 2.75) is 6.54 Å². The number of rotatable bonds is 4. The third-order valence-corrected chi connectivity index (χ3v) is 3.27. The Hall–Kier alpha value is -1.88. The van der Waals surface area contributed by atoms with Gasteiger partial charge < -0.3 is 10.6 Å². The van der Waals surface area contributed by atoms with Crippen LogP contribution in [0.25, 0.3) is 0 Å². The predicted octanol–water partition coefficient (Wildman–Crippen LogP) is 2.76. The molecule has 2 rings (SSSR count). The molecular weight excluding hydrogens is 304 g/mol. The van der Waals surface area contributed by atoms with Crippen molar-refractivity contribution in [3.63, 3.8) is 0 Å². The Bertz CT molecular complexity index is 580. The molecular formula is C14H15BrN4. The maximum absolute atomic E-state index is 7.31. The summed E-state index contributed by atoms with van der Waals surface area (Å²) in [4.78, 5) is 6.25. The lowest BCUT2D eigenvalue weighted by Crippen LogP contribution is -2.18. The second-order valence-corrected chi connectivity index (χ2v) is 5.22. The van der Waals surface area contributed by atoms with Crippen molar-refractivity contribution in [2.24, 2.45) is 5.73 Å². The van der Waals surface area contributed by atoms with Gasteiger partial charge in [-0.15, -0.1) is 0 Å². The number of halogens is 1. The monoisotopic (exact) mass is 318 g/mol. The Morgan fingerprint density at radius 1 is 1.37 bits per heavy atom. The van der Waals surface area contributed by atoms with Crippen molar-refractivity contribution in [1.82, 2.24) is 4.98 Å². The van der Waals surface area contributed by atoms with E-state index in [1.807, 2.05) is 25.2 Å². The summed E-state index contributed by atoms with van der Waals surface area (Å²) < 4.78 is 1.07. The van der Waals surface area contributed by atoms with E-state index in [1.54, 1.807) is 12.3 Å². The Kier molecular flexibility index (Phi) is 4.16. The third kappa shape index (κ3) is 3.54. The van der Waals surface area contributed by atoms with Crippen LogP contribution in [0.2, 0.25) is 0 Å². The maximum atomic E-state index is 7.31. The number of aromatic nitrogens is 1. The Morgan fingerprint density at radius 3 is 2.74 bits per heavy atom. The summed E-state index contributed by atoms with van der Waals surface area (Å²) in [5.41, 5.74) is 8.09. The molecule has 1 aromatic heterocycles. The van der Waals surface area contributed by atoms with Gasteiger partial charge in [0.1, 0.15) is 11.5 Å². The summed E-state index contributed by atoms with van der Waals surface area (Å²) in [6, 6.07) is 11.9.